The third kappa shape index (κ3) is 2.23. The number of aromatic nitrogens is 1. The zero-order valence-corrected chi connectivity index (χ0v) is 9.52. The summed E-state index contributed by atoms with van der Waals surface area (Å²) >= 11 is 3.32. The maximum absolute atomic E-state index is 10.8. The average Bonchev–Trinajstić information content (AvgIpc) is 2.16. The van der Waals surface area contributed by atoms with Crippen LogP contribution in [0.3, 0.4) is 0 Å². The van der Waals surface area contributed by atoms with Gasteiger partial charge in [0.1, 0.15) is 6.04 Å². The van der Waals surface area contributed by atoms with Gasteiger partial charge in [-0.2, -0.15) is 0 Å². The van der Waals surface area contributed by atoms with Crippen molar-refractivity contribution < 1.29 is 9.90 Å². The smallest absolute Gasteiger partial charge is 0.326 e. The summed E-state index contributed by atoms with van der Waals surface area (Å²) in [5.41, 5.74) is 0.815. The molecule has 76 valence electrons. The minimum Gasteiger partial charge on any atom is -0.480 e. The highest BCUT2D eigenvalue weighted by molar-refractivity contribution is 9.10. The first-order chi connectivity index (χ1) is 6.54. The third-order valence-corrected chi connectivity index (χ3v) is 2.68. The summed E-state index contributed by atoms with van der Waals surface area (Å²) in [6.45, 7) is 1.63. The van der Waals surface area contributed by atoms with Crippen LogP contribution in [0.1, 0.15) is 6.92 Å². The van der Waals surface area contributed by atoms with Crippen molar-refractivity contribution in [3.05, 3.63) is 22.9 Å². The number of anilines is 1. The van der Waals surface area contributed by atoms with E-state index in [4.69, 9.17) is 5.11 Å². The maximum atomic E-state index is 10.8. The van der Waals surface area contributed by atoms with Crippen LogP contribution in [-0.4, -0.2) is 29.1 Å². The monoisotopic (exact) mass is 258 g/mol. The van der Waals surface area contributed by atoms with Crippen molar-refractivity contribution in [1.82, 2.24) is 4.98 Å². The van der Waals surface area contributed by atoms with Gasteiger partial charge in [-0.1, -0.05) is 0 Å². The van der Waals surface area contributed by atoms with E-state index in [9.17, 15) is 4.79 Å². The minimum absolute atomic E-state index is 0.561. The van der Waals surface area contributed by atoms with Crippen LogP contribution >= 0.6 is 15.9 Å². The van der Waals surface area contributed by atoms with Gasteiger partial charge >= 0.3 is 5.97 Å². The quantitative estimate of drug-likeness (QED) is 0.898. The van der Waals surface area contributed by atoms with Gasteiger partial charge < -0.3 is 10.0 Å². The van der Waals surface area contributed by atoms with Gasteiger partial charge in [0.2, 0.25) is 0 Å². The number of hydrogen-bond donors (Lipinski definition) is 1. The van der Waals surface area contributed by atoms with Crippen LogP contribution in [0.4, 0.5) is 5.69 Å². The van der Waals surface area contributed by atoms with E-state index in [1.165, 1.54) is 0 Å². The highest BCUT2D eigenvalue weighted by Gasteiger charge is 2.18. The number of carboxylic acids is 1. The van der Waals surface area contributed by atoms with Gasteiger partial charge in [0.25, 0.3) is 0 Å². The van der Waals surface area contributed by atoms with Crippen LogP contribution in [0.2, 0.25) is 0 Å². The molecule has 0 spiro atoms. The van der Waals surface area contributed by atoms with Crippen LogP contribution in [-0.2, 0) is 4.79 Å². The van der Waals surface area contributed by atoms with Crippen molar-refractivity contribution >= 4 is 27.6 Å². The van der Waals surface area contributed by atoms with E-state index in [1.807, 2.05) is 0 Å². The molecule has 1 atom stereocenters. The Labute approximate surface area is 90.7 Å². The molecular weight excluding hydrogens is 248 g/mol. The molecule has 1 unspecified atom stereocenters. The number of hydrogen-bond acceptors (Lipinski definition) is 3. The summed E-state index contributed by atoms with van der Waals surface area (Å²) in [6.07, 6.45) is 3.27. The maximum Gasteiger partial charge on any atom is 0.326 e. The predicted molar refractivity (Wildman–Crippen MR) is 57.4 cm³/mol. The number of carbonyl (C=O) groups is 1. The van der Waals surface area contributed by atoms with Gasteiger partial charge in [-0.3, -0.25) is 4.98 Å². The standard InChI is InChI=1S/C9H11BrN2O2/c1-6(9(13)14)12(2)8-3-4-11-5-7(8)10/h3-6H,1-2H3,(H,13,14). The molecule has 1 aromatic heterocycles. The second-order valence-electron chi connectivity index (χ2n) is 2.95. The Balaban J connectivity index is 2.94. The van der Waals surface area contributed by atoms with Crippen LogP contribution < -0.4 is 4.90 Å². The van der Waals surface area contributed by atoms with Gasteiger partial charge in [-0.05, 0) is 28.9 Å². The van der Waals surface area contributed by atoms with Crippen LogP contribution in [0.15, 0.2) is 22.9 Å². The fraction of sp³-hybridized carbons (Fsp3) is 0.333. The molecule has 0 saturated heterocycles. The number of nitrogens with zero attached hydrogens (tertiary/aromatic N) is 2. The number of halogens is 1. The molecule has 1 N–H and O–H groups in total. The van der Waals surface area contributed by atoms with E-state index in [0.29, 0.717) is 0 Å². The third-order valence-electron chi connectivity index (χ3n) is 2.07. The molecule has 1 rings (SSSR count). The molecule has 0 fully saturated rings. The SMILES string of the molecule is CC(C(=O)O)N(C)c1ccncc1Br. The highest BCUT2D eigenvalue weighted by atomic mass is 79.9. The molecule has 0 aromatic carbocycles. The lowest BCUT2D eigenvalue weighted by Crippen LogP contribution is -2.35. The minimum atomic E-state index is -0.851. The van der Waals surface area contributed by atoms with Crippen LogP contribution in [0.25, 0.3) is 0 Å². The molecule has 0 saturated carbocycles. The molecule has 0 aliphatic heterocycles. The summed E-state index contributed by atoms with van der Waals surface area (Å²) < 4.78 is 0.788. The Bertz CT molecular complexity index is 343. The summed E-state index contributed by atoms with van der Waals surface area (Å²) in [7, 11) is 1.74. The molecular formula is C9H11BrN2O2. The first-order valence-corrected chi connectivity index (χ1v) is 4.88. The van der Waals surface area contributed by atoms with Gasteiger partial charge in [0, 0.05) is 19.4 Å². The van der Waals surface area contributed by atoms with Crippen molar-refractivity contribution in [2.75, 3.05) is 11.9 Å². The summed E-state index contributed by atoms with van der Waals surface area (Å²) in [5, 5.41) is 8.83. The number of rotatable bonds is 3. The van der Waals surface area contributed by atoms with E-state index in [1.54, 1.807) is 37.3 Å². The molecule has 0 aliphatic carbocycles. The topological polar surface area (TPSA) is 53.4 Å². The highest BCUT2D eigenvalue weighted by Crippen LogP contribution is 2.24. The molecule has 14 heavy (non-hydrogen) atoms. The van der Waals surface area contributed by atoms with Gasteiger partial charge in [-0.25, -0.2) is 4.79 Å². The zero-order valence-electron chi connectivity index (χ0n) is 7.94. The lowest BCUT2D eigenvalue weighted by molar-refractivity contribution is -0.138. The summed E-state index contributed by atoms with van der Waals surface area (Å²) in [6, 6.07) is 1.21. The van der Waals surface area contributed by atoms with Crippen molar-refractivity contribution in [1.29, 1.82) is 0 Å². The Morgan fingerprint density at radius 3 is 2.86 bits per heavy atom. The van der Waals surface area contributed by atoms with E-state index >= 15 is 0 Å². The summed E-state index contributed by atoms with van der Waals surface area (Å²) in [4.78, 5) is 16.3. The first kappa shape index (κ1) is 11.0. The Kier molecular flexibility index (Phi) is 3.46. The summed E-state index contributed by atoms with van der Waals surface area (Å²) in [5.74, 6) is -0.851. The molecule has 4 nitrogen and oxygen atoms in total. The van der Waals surface area contributed by atoms with Gasteiger partial charge in [-0.15, -0.1) is 0 Å². The lowest BCUT2D eigenvalue weighted by atomic mass is 10.2. The Hall–Kier alpha value is -1.10. The molecule has 5 heteroatoms. The van der Waals surface area contributed by atoms with Crippen molar-refractivity contribution in [2.45, 2.75) is 13.0 Å². The molecule has 0 amide bonds. The second kappa shape index (κ2) is 4.41. The van der Waals surface area contributed by atoms with E-state index in [-0.39, 0.29) is 0 Å². The van der Waals surface area contributed by atoms with Crippen LogP contribution in [0.5, 0.6) is 0 Å². The predicted octanol–water partition coefficient (Wildman–Crippen LogP) is 1.75. The molecule has 1 aromatic rings. The Morgan fingerprint density at radius 1 is 1.71 bits per heavy atom. The zero-order chi connectivity index (χ0) is 10.7. The van der Waals surface area contributed by atoms with E-state index in [2.05, 4.69) is 20.9 Å². The van der Waals surface area contributed by atoms with Gasteiger partial charge in [0.15, 0.2) is 0 Å². The Morgan fingerprint density at radius 2 is 2.36 bits per heavy atom. The number of pyridine rings is 1. The van der Waals surface area contributed by atoms with E-state index in [0.717, 1.165) is 10.2 Å². The van der Waals surface area contributed by atoms with Crippen molar-refractivity contribution in [3.63, 3.8) is 0 Å². The molecule has 0 bridgehead atoms. The first-order valence-electron chi connectivity index (χ1n) is 4.09. The number of aliphatic carboxylic acids is 1. The molecule has 0 radical (unpaired) electrons. The van der Waals surface area contributed by atoms with Gasteiger partial charge in [0.05, 0.1) is 10.2 Å². The molecule has 1 heterocycles. The van der Waals surface area contributed by atoms with Crippen LogP contribution in [0, 0.1) is 0 Å². The number of likely N-dealkylation sites (N-methyl/N-ethyl adjacent to an activating group) is 1. The van der Waals surface area contributed by atoms with E-state index < -0.39 is 12.0 Å². The largest absolute Gasteiger partial charge is 0.480 e. The molecule has 0 aliphatic rings. The lowest BCUT2D eigenvalue weighted by Gasteiger charge is -2.24. The number of carboxylic acid groups (broad SMARTS) is 1. The second-order valence-corrected chi connectivity index (χ2v) is 3.81. The average molecular weight is 259 g/mol. The normalized spacial score (nSPS) is 12.2. The fourth-order valence-electron chi connectivity index (χ4n) is 1.03. The van der Waals surface area contributed by atoms with Crippen molar-refractivity contribution in [2.24, 2.45) is 0 Å². The fourth-order valence-corrected chi connectivity index (χ4v) is 1.56. The van der Waals surface area contributed by atoms with Crippen molar-refractivity contribution in [3.8, 4) is 0 Å².